The minimum absolute atomic E-state index is 0.0178. The molecule has 53 heavy (non-hydrogen) atoms. The summed E-state index contributed by atoms with van der Waals surface area (Å²) in [6.45, 7) is 10.9. The molecule has 0 aliphatic rings. The summed E-state index contributed by atoms with van der Waals surface area (Å²) in [4.78, 5) is 50.8. The fraction of sp³-hybridized carbons (Fsp3) is 0.864. The number of ether oxygens (including phenoxy) is 2. The van der Waals surface area contributed by atoms with Gasteiger partial charge in [-0.25, -0.2) is 0 Å². The summed E-state index contributed by atoms with van der Waals surface area (Å²) in [5, 5.41) is 5.99. The van der Waals surface area contributed by atoms with Crippen molar-refractivity contribution in [2.24, 2.45) is 0 Å². The number of anilines is 2. The van der Waals surface area contributed by atoms with E-state index in [4.69, 9.17) is 9.47 Å². The average molecular weight is 748 g/mol. The molecule has 2 N–H and O–H groups in total. The average Bonchev–Trinajstić information content (AvgIpc) is 3.15. The van der Waals surface area contributed by atoms with Gasteiger partial charge in [0.25, 0.3) is 10.9 Å². The molecular formula is C44H81N3O6. The highest BCUT2D eigenvalue weighted by atomic mass is 16.5. The molecule has 0 amide bonds. The minimum atomic E-state index is -0.442. The van der Waals surface area contributed by atoms with Crippen molar-refractivity contribution in [3.63, 3.8) is 0 Å². The van der Waals surface area contributed by atoms with Gasteiger partial charge in [0.2, 0.25) is 0 Å². The van der Waals surface area contributed by atoms with Crippen molar-refractivity contribution in [1.82, 2.24) is 4.90 Å². The Labute approximate surface area is 324 Å². The first-order valence-corrected chi connectivity index (χ1v) is 22.2. The molecule has 1 unspecified atom stereocenters. The Morgan fingerprint density at radius 2 is 1.00 bits per heavy atom. The molecule has 0 aliphatic carbocycles. The second-order valence-corrected chi connectivity index (χ2v) is 15.3. The summed E-state index contributed by atoms with van der Waals surface area (Å²) in [6, 6.07) is 0. The number of nitrogens with zero attached hydrogens (tertiary/aromatic N) is 1. The lowest BCUT2D eigenvalue weighted by Crippen LogP contribution is -2.37. The van der Waals surface area contributed by atoms with Crippen molar-refractivity contribution in [2.75, 3.05) is 50.5 Å². The standard InChI is InChI=1S/C44H81N3O6/c1-5-8-11-13-20-27-37-52-39(48)31-23-16-14-18-25-34-47(36-28-33-46-42-41(45-4)43(50)44(42)51)35-26-19-15-17-24-32-40(49)53-38(29-21-10-7-3)30-22-12-9-6-2/h38,45-46H,5-37H2,1-4H3. The summed E-state index contributed by atoms with van der Waals surface area (Å²) in [5.74, 6) is -0.0702. The monoisotopic (exact) mass is 748 g/mol. The number of rotatable bonds is 39. The van der Waals surface area contributed by atoms with Gasteiger partial charge in [-0.05, 0) is 83.8 Å². The first-order chi connectivity index (χ1) is 25.9. The van der Waals surface area contributed by atoms with Crippen molar-refractivity contribution >= 4 is 23.3 Å². The topological polar surface area (TPSA) is 114 Å². The molecule has 9 nitrogen and oxygen atoms in total. The molecular weight excluding hydrogens is 666 g/mol. The first-order valence-electron chi connectivity index (χ1n) is 22.2. The van der Waals surface area contributed by atoms with Crippen LogP contribution >= 0.6 is 0 Å². The van der Waals surface area contributed by atoms with E-state index in [0.717, 1.165) is 129 Å². The summed E-state index contributed by atoms with van der Waals surface area (Å²) in [6.07, 6.45) is 30.3. The van der Waals surface area contributed by atoms with Crippen LogP contribution in [0.15, 0.2) is 9.59 Å². The fourth-order valence-electron chi connectivity index (χ4n) is 6.99. The second kappa shape index (κ2) is 34.1. The first kappa shape index (κ1) is 48.6. The predicted molar refractivity (Wildman–Crippen MR) is 223 cm³/mol. The van der Waals surface area contributed by atoms with E-state index in [0.29, 0.717) is 37.4 Å². The minimum Gasteiger partial charge on any atom is -0.466 e. The maximum absolute atomic E-state index is 12.6. The normalized spacial score (nSPS) is 12.0. The van der Waals surface area contributed by atoms with Crippen LogP contribution in [0.3, 0.4) is 0 Å². The molecule has 1 rings (SSSR count). The molecule has 0 saturated carbocycles. The number of carbonyl (C=O) groups excluding carboxylic acids is 2. The molecule has 0 spiro atoms. The van der Waals surface area contributed by atoms with E-state index in [-0.39, 0.29) is 18.0 Å². The SMILES string of the molecule is CCCCCCCCOC(=O)CCCCCCCN(CCCCCCCC(=O)OC(CCCCC)CCCCCC)CCCNc1c(NC)c(=O)c1=O. The molecule has 1 aromatic carbocycles. The van der Waals surface area contributed by atoms with Gasteiger partial charge in [0, 0.05) is 26.4 Å². The number of nitrogens with one attached hydrogen (secondary N) is 2. The third-order valence-electron chi connectivity index (χ3n) is 10.4. The van der Waals surface area contributed by atoms with Gasteiger partial charge in [-0.1, -0.05) is 124 Å². The quantitative estimate of drug-likeness (QED) is 0.0386. The van der Waals surface area contributed by atoms with Gasteiger partial charge in [-0.15, -0.1) is 0 Å². The lowest BCUT2D eigenvalue weighted by molar-refractivity contribution is -0.150. The van der Waals surface area contributed by atoms with Crippen LogP contribution in [0.25, 0.3) is 0 Å². The van der Waals surface area contributed by atoms with Gasteiger partial charge >= 0.3 is 11.9 Å². The molecule has 0 aromatic heterocycles. The smallest absolute Gasteiger partial charge is 0.306 e. The molecule has 1 aromatic rings. The maximum atomic E-state index is 12.6. The summed E-state index contributed by atoms with van der Waals surface area (Å²) in [5.41, 5.74) is -0.0682. The Balaban J connectivity index is 2.33. The Morgan fingerprint density at radius 1 is 0.547 bits per heavy atom. The van der Waals surface area contributed by atoms with Crippen LogP contribution in [-0.4, -0.2) is 62.8 Å². The largest absolute Gasteiger partial charge is 0.466 e. The maximum Gasteiger partial charge on any atom is 0.306 e. The van der Waals surface area contributed by atoms with Crippen molar-refractivity contribution in [3.05, 3.63) is 20.4 Å². The zero-order valence-electron chi connectivity index (χ0n) is 34.8. The van der Waals surface area contributed by atoms with Gasteiger partial charge in [0.1, 0.15) is 17.5 Å². The fourth-order valence-corrected chi connectivity index (χ4v) is 6.99. The van der Waals surface area contributed by atoms with Crippen LogP contribution in [0.2, 0.25) is 0 Å². The summed E-state index contributed by atoms with van der Waals surface area (Å²) >= 11 is 0. The molecule has 9 heteroatoms. The number of hydrogen-bond donors (Lipinski definition) is 2. The van der Waals surface area contributed by atoms with Gasteiger partial charge in [0.15, 0.2) is 0 Å². The van der Waals surface area contributed by atoms with E-state index in [9.17, 15) is 19.2 Å². The molecule has 0 bridgehead atoms. The van der Waals surface area contributed by atoms with Gasteiger partial charge in [-0.3, -0.25) is 19.2 Å². The lowest BCUT2D eigenvalue weighted by atomic mass is 10.0. The van der Waals surface area contributed by atoms with Crippen molar-refractivity contribution in [3.8, 4) is 0 Å². The third-order valence-corrected chi connectivity index (χ3v) is 10.4. The van der Waals surface area contributed by atoms with Gasteiger partial charge in [0.05, 0.1) is 6.61 Å². The Kier molecular flexibility index (Phi) is 31.3. The Morgan fingerprint density at radius 3 is 1.60 bits per heavy atom. The lowest BCUT2D eigenvalue weighted by Gasteiger charge is -2.23. The highest BCUT2D eigenvalue weighted by molar-refractivity contribution is 5.73. The van der Waals surface area contributed by atoms with Crippen molar-refractivity contribution < 1.29 is 19.1 Å². The number of esters is 2. The number of carbonyl (C=O) groups is 2. The highest BCUT2D eigenvalue weighted by Gasteiger charge is 2.19. The third kappa shape index (κ3) is 25.3. The van der Waals surface area contributed by atoms with Crippen LogP contribution in [0.5, 0.6) is 0 Å². The zero-order chi connectivity index (χ0) is 38.8. The van der Waals surface area contributed by atoms with E-state index in [1.54, 1.807) is 7.05 Å². The summed E-state index contributed by atoms with van der Waals surface area (Å²) < 4.78 is 11.3. The van der Waals surface area contributed by atoms with Crippen LogP contribution in [0.4, 0.5) is 11.4 Å². The molecule has 0 aliphatic heterocycles. The molecule has 0 fully saturated rings. The van der Waals surface area contributed by atoms with E-state index >= 15 is 0 Å². The van der Waals surface area contributed by atoms with Crippen LogP contribution in [-0.2, 0) is 19.1 Å². The van der Waals surface area contributed by atoms with Crippen molar-refractivity contribution in [1.29, 1.82) is 0 Å². The molecule has 308 valence electrons. The molecule has 0 saturated heterocycles. The molecule has 1 atom stereocenters. The zero-order valence-corrected chi connectivity index (χ0v) is 34.8. The van der Waals surface area contributed by atoms with Gasteiger partial charge < -0.3 is 25.0 Å². The number of unbranched alkanes of at least 4 members (excludes halogenated alkanes) is 18. The summed E-state index contributed by atoms with van der Waals surface area (Å²) in [7, 11) is 1.67. The second-order valence-electron chi connectivity index (χ2n) is 15.3. The van der Waals surface area contributed by atoms with Gasteiger partial charge in [-0.2, -0.15) is 0 Å². The van der Waals surface area contributed by atoms with E-state index in [1.165, 1.54) is 57.8 Å². The Hall–Kier alpha value is -2.42. The van der Waals surface area contributed by atoms with Crippen LogP contribution in [0.1, 0.15) is 201 Å². The van der Waals surface area contributed by atoms with Crippen LogP contribution < -0.4 is 21.5 Å². The number of hydrogen-bond acceptors (Lipinski definition) is 9. The van der Waals surface area contributed by atoms with E-state index in [1.807, 2.05) is 0 Å². The van der Waals surface area contributed by atoms with E-state index in [2.05, 4.69) is 36.3 Å². The Bertz CT molecular complexity index is 1100. The predicted octanol–water partition coefficient (Wildman–Crippen LogP) is 10.5. The molecule has 0 heterocycles. The van der Waals surface area contributed by atoms with Crippen molar-refractivity contribution in [2.45, 2.75) is 207 Å². The molecule has 0 radical (unpaired) electrons. The highest BCUT2D eigenvalue weighted by Crippen LogP contribution is 2.18. The van der Waals surface area contributed by atoms with Crippen LogP contribution in [0, 0.1) is 0 Å². The van der Waals surface area contributed by atoms with E-state index < -0.39 is 10.9 Å².